The second-order valence-electron chi connectivity index (χ2n) is 7.64. The van der Waals surface area contributed by atoms with Gasteiger partial charge in [0.15, 0.2) is 0 Å². The van der Waals surface area contributed by atoms with Crippen molar-refractivity contribution in [2.45, 2.75) is 22.3 Å². The fourth-order valence-electron chi connectivity index (χ4n) is 3.85. The molecule has 2 aliphatic heterocycles. The summed E-state index contributed by atoms with van der Waals surface area (Å²) in [6, 6.07) is 8.46. The smallest absolute Gasteiger partial charge is 0.293 e. The molecule has 0 spiro atoms. The Morgan fingerprint density at radius 1 is 1.19 bits per heavy atom. The van der Waals surface area contributed by atoms with Crippen molar-refractivity contribution in [3.05, 3.63) is 57.9 Å². The first-order chi connectivity index (χ1) is 14.8. The molecule has 31 heavy (non-hydrogen) atoms. The van der Waals surface area contributed by atoms with Gasteiger partial charge in [0.2, 0.25) is 10.0 Å². The molecule has 2 aliphatic rings. The van der Waals surface area contributed by atoms with Gasteiger partial charge in [-0.25, -0.2) is 12.8 Å². The van der Waals surface area contributed by atoms with Gasteiger partial charge in [0.1, 0.15) is 11.5 Å². The van der Waals surface area contributed by atoms with Gasteiger partial charge in [0.25, 0.3) is 5.69 Å². The maximum atomic E-state index is 14.1. The zero-order valence-electron chi connectivity index (χ0n) is 17.0. The van der Waals surface area contributed by atoms with Crippen molar-refractivity contribution < 1.29 is 17.7 Å². The SMILES string of the molecule is CN1CCN(S(=O)(=O)c2ccc(NC3CCSc4c(F)cccc43)c([N+](=O)[O-])c2)CC1. The third-order valence-corrected chi connectivity index (χ3v) is 8.68. The quantitative estimate of drug-likeness (QED) is 0.533. The third-order valence-electron chi connectivity index (χ3n) is 5.62. The molecule has 1 atom stereocenters. The molecule has 0 bridgehead atoms. The molecule has 8 nitrogen and oxygen atoms in total. The molecule has 166 valence electrons. The predicted octanol–water partition coefficient (Wildman–Crippen LogP) is 3.32. The predicted molar refractivity (Wildman–Crippen MR) is 117 cm³/mol. The molecular formula is C20H23FN4O4S2. The highest BCUT2D eigenvalue weighted by molar-refractivity contribution is 7.99. The number of hydrogen-bond donors (Lipinski definition) is 1. The lowest BCUT2D eigenvalue weighted by atomic mass is 10.0. The lowest BCUT2D eigenvalue weighted by Gasteiger charge is -2.31. The lowest BCUT2D eigenvalue weighted by Crippen LogP contribution is -2.47. The standard InChI is InChI=1S/C20H23FN4O4S2/c1-23-8-10-24(11-9-23)31(28,29)14-5-6-18(19(13-14)25(26)27)22-17-7-12-30-20-15(17)3-2-4-16(20)21/h2-6,13,17,22H,7-12H2,1H3. The molecule has 0 aromatic heterocycles. The van der Waals surface area contributed by atoms with Gasteiger partial charge in [-0.05, 0) is 37.2 Å². The van der Waals surface area contributed by atoms with Crippen LogP contribution in [0, 0.1) is 15.9 Å². The van der Waals surface area contributed by atoms with Crippen molar-refractivity contribution in [3.8, 4) is 0 Å². The summed E-state index contributed by atoms with van der Waals surface area (Å²) in [5.74, 6) is 0.368. The number of thioether (sulfide) groups is 1. The van der Waals surface area contributed by atoms with E-state index in [0.29, 0.717) is 43.2 Å². The maximum Gasteiger partial charge on any atom is 0.293 e. The van der Waals surface area contributed by atoms with Crippen molar-refractivity contribution in [1.29, 1.82) is 0 Å². The first-order valence-corrected chi connectivity index (χ1v) is 12.3. The van der Waals surface area contributed by atoms with Crippen LogP contribution in [0.5, 0.6) is 0 Å². The van der Waals surface area contributed by atoms with Gasteiger partial charge in [0.05, 0.1) is 15.9 Å². The van der Waals surface area contributed by atoms with E-state index in [9.17, 15) is 22.9 Å². The minimum atomic E-state index is -3.82. The van der Waals surface area contributed by atoms with Crippen LogP contribution in [0.25, 0.3) is 0 Å². The first kappa shape index (κ1) is 22.0. The minimum Gasteiger partial charge on any atom is -0.373 e. The molecule has 1 saturated heterocycles. The van der Waals surface area contributed by atoms with Crippen LogP contribution in [0.4, 0.5) is 15.8 Å². The molecule has 4 rings (SSSR count). The number of benzene rings is 2. The van der Waals surface area contributed by atoms with Crippen molar-refractivity contribution in [2.24, 2.45) is 0 Å². The number of nitrogens with zero attached hydrogens (tertiary/aromatic N) is 3. The number of fused-ring (bicyclic) bond motifs is 1. The zero-order chi connectivity index (χ0) is 22.2. The van der Waals surface area contributed by atoms with Gasteiger partial charge in [-0.3, -0.25) is 10.1 Å². The van der Waals surface area contributed by atoms with Crippen molar-refractivity contribution in [3.63, 3.8) is 0 Å². The molecule has 2 heterocycles. The summed E-state index contributed by atoms with van der Waals surface area (Å²) in [6.07, 6.45) is 0.666. The number of nitro groups is 1. The Morgan fingerprint density at radius 2 is 1.94 bits per heavy atom. The molecule has 0 aliphatic carbocycles. The van der Waals surface area contributed by atoms with Crippen LogP contribution in [0.1, 0.15) is 18.0 Å². The van der Waals surface area contributed by atoms with E-state index in [2.05, 4.69) is 5.32 Å². The molecule has 1 N–H and O–H groups in total. The summed E-state index contributed by atoms with van der Waals surface area (Å²) in [5, 5.41) is 14.9. The van der Waals surface area contributed by atoms with Crippen LogP contribution in [0.3, 0.4) is 0 Å². The normalized spacial score (nSPS) is 20.3. The van der Waals surface area contributed by atoms with Crippen LogP contribution >= 0.6 is 11.8 Å². The van der Waals surface area contributed by atoms with E-state index in [1.165, 1.54) is 34.3 Å². The number of likely N-dealkylation sites (N-methyl/N-ethyl adjacent to an activating group) is 1. The largest absolute Gasteiger partial charge is 0.373 e. The molecule has 11 heteroatoms. The van der Waals surface area contributed by atoms with E-state index >= 15 is 0 Å². The molecule has 1 unspecified atom stereocenters. The number of rotatable bonds is 5. The molecule has 2 aromatic rings. The molecule has 1 fully saturated rings. The Labute approximate surface area is 184 Å². The van der Waals surface area contributed by atoms with Crippen LogP contribution in [0.15, 0.2) is 46.2 Å². The maximum absolute atomic E-state index is 14.1. The third kappa shape index (κ3) is 4.40. The van der Waals surface area contributed by atoms with E-state index < -0.39 is 14.9 Å². The van der Waals surface area contributed by atoms with E-state index in [1.54, 1.807) is 12.1 Å². The van der Waals surface area contributed by atoms with Crippen LogP contribution < -0.4 is 5.32 Å². The number of nitro benzene ring substituents is 1. The van der Waals surface area contributed by atoms with Gasteiger partial charge >= 0.3 is 0 Å². The number of anilines is 1. The molecular weight excluding hydrogens is 443 g/mol. The van der Waals surface area contributed by atoms with Gasteiger partial charge < -0.3 is 10.2 Å². The van der Waals surface area contributed by atoms with E-state index in [4.69, 9.17) is 0 Å². The Kier molecular flexibility index (Phi) is 6.20. The highest BCUT2D eigenvalue weighted by Crippen LogP contribution is 2.41. The summed E-state index contributed by atoms with van der Waals surface area (Å²) >= 11 is 1.42. The molecule has 0 radical (unpaired) electrons. The number of piperazine rings is 1. The highest BCUT2D eigenvalue weighted by atomic mass is 32.2. The van der Waals surface area contributed by atoms with Gasteiger partial charge in [-0.15, -0.1) is 11.8 Å². The minimum absolute atomic E-state index is 0.0973. The number of sulfonamides is 1. The highest BCUT2D eigenvalue weighted by Gasteiger charge is 2.31. The number of halogens is 1. The molecule has 0 amide bonds. The summed E-state index contributed by atoms with van der Waals surface area (Å²) in [6.45, 7) is 1.90. The fraction of sp³-hybridized carbons (Fsp3) is 0.400. The van der Waals surface area contributed by atoms with Crippen LogP contribution in [0.2, 0.25) is 0 Å². The Morgan fingerprint density at radius 3 is 2.65 bits per heavy atom. The lowest BCUT2D eigenvalue weighted by molar-refractivity contribution is -0.384. The second-order valence-corrected chi connectivity index (χ2v) is 10.7. The average Bonchev–Trinajstić information content (AvgIpc) is 2.75. The second kappa shape index (κ2) is 8.73. The van der Waals surface area contributed by atoms with E-state index in [-0.39, 0.29) is 28.1 Å². The number of hydrogen-bond acceptors (Lipinski definition) is 7. The fourth-order valence-corrected chi connectivity index (χ4v) is 6.43. The van der Waals surface area contributed by atoms with Gasteiger partial charge in [-0.1, -0.05) is 12.1 Å². The number of nitrogens with one attached hydrogen (secondary N) is 1. The Balaban J connectivity index is 1.64. The molecule has 2 aromatic carbocycles. The average molecular weight is 467 g/mol. The van der Waals surface area contributed by atoms with Crippen LogP contribution in [-0.4, -0.2) is 61.5 Å². The first-order valence-electron chi connectivity index (χ1n) is 9.92. The van der Waals surface area contributed by atoms with Crippen molar-refractivity contribution in [1.82, 2.24) is 9.21 Å². The Hall–Kier alpha value is -2.21. The van der Waals surface area contributed by atoms with E-state index in [0.717, 1.165) is 11.6 Å². The summed E-state index contributed by atoms with van der Waals surface area (Å²) in [5.41, 5.74) is 0.653. The van der Waals surface area contributed by atoms with Crippen molar-refractivity contribution in [2.75, 3.05) is 44.3 Å². The summed E-state index contributed by atoms with van der Waals surface area (Å²) < 4.78 is 41.5. The molecule has 0 saturated carbocycles. The van der Waals surface area contributed by atoms with Crippen molar-refractivity contribution >= 4 is 33.2 Å². The van der Waals surface area contributed by atoms with Gasteiger partial charge in [-0.2, -0.15) is 4.31 Å². The van der Waals surface area contributed by atoms with Crippen LogP contribution in [-0.2, 0) is 10.0 Å². The monoisotopic (exact) mass is 466 g/mol. The topological polar surface area (TPSA) is 95.8 Å². The summed E-state index contributed by atoms with van der Waals surface area (Å²) in [4.78, 5) is 13.6. The van der Waals surface area contributed by atoms with E-state index in [1.807, 2.05) is 11.9 Å². The zero-order valence-corrected chi connectivity index (χ0v) is 18.6. The summed E-state index contributed by atoms with van der Waals surface area (Å²) in [7, 11) is -1.90. The van der Waals surface area contributed by atoms with Gasteiger partial charge in [0, 0.05) is 42.9 Å². The Bertz CT molecular complexity index is 1100.